The Kier molecular flexibility index (Phi) is 7.42. The van der Waals surface area contributed by atoms with Crippen LogP contribution in [0.5, 0.6) is 5.75 Å². The number of nitrogens with one attached hydrogen (secondary N) is 2. The van der Waals surface area contributed by atoms with E-state index in [0.717, 1.165) is 39.8 Å². The molecule has 0 bridgehead atoms. The van der Waals surface area contributed by atoms with Crippen LogP contribution in [0, 0.1) is 6.92 Å². The second kappa shape index (κ2) is 11.1. The van der Waals surface area contributed by atoms with Crippen molar-refractivity contribution in [2.75, 3.05) is 16.8 Å². The standard InChI is InChI=1S/C30H31N5O2S/c1-4-27(36)32-24-16-13-22(19-20(24)3)35-29(28(33-30(35)38)25-9-6-7-17-31-25)26-10-8-18-34(26)21-11-14-23(15-12-21)37-5-2/h6-19,28-29H,4-5H2,1-3H3,(H,32,36)(H,33,38)/t28-,29+/m1/s1. The van der Waals surface area contributed by atoms with E-state index < -0.39 is 0 Å². The molecule has 7 nitrogen and oxygen atoms in total. The largest absolute Gasteiger partial charge is 0.494 e. The van der Waals surface area contributed by atoms with E-state index in [1.54, 1.807) is 6.20 Å². The van der Waals surface area contributed by atoms with Crippen LogP contribution >= 0.6 is 12.2 Å². The number of benzene rings is 2. The summed E-state index contributed by atoms with van der Waals surface area (Å²) >= 11 is 5.91. The van der Waals surface area contributed by atoms with Gasteiger partial charge in [-0.2, -0.15) is 0 Å². The summed E-state index contributed by atoms with van der Waals surface area (Å²) in [4.78, 5) is 18.8. The van der Waals surface area contributed by atoms with Crippen LogP contribution in [0.2, 0.25) is 0 Å². The zero-order chi connectivity index (χ0) is 26.6. The highest BCUT2D eigenvalue weighted by Gasteiger charge is 2.42. The minimum Gasteiger partial charge on any atom is -0.494 e. The topological polar surface area (TPSA) is 71.4 Å². The van der Waals surface area contributed by atoms with Gasteiger partial charge in [-0.15, -0.1) is 0 Å². The second-order valence-corrected chi connectivity index (χ2v) is 9.51. The summed E-state index contributed by atoms with van der Waals surface area (Å²) in [5, 5.41) is 7.13. The van der Waals surface area contributed by atoms with Crippen LogP contribution < -0.4 is 20.3 Å². The van der Waals surface area contributed by atoms with Gasteiger partial charge < -0.3 is 24.8 Å². The molecule has 0 aliphatic carbocycles. The predicted octanol–water partition coefficient (Wildman–Crippen LogP) is 6.11. The predicted molar refractivity (Wildman–Crippen MR) is 155 cm³/mol. The number of pyridine rings is 1. The van der Waals surface area contributed by atoms with Crippen LogP contribution in [-0.2, 0) is 4.79 Å². The van der Waals surface area contributed by atoms with Crippen molar-refractivity contribution in [1.29, 1.82) is 0 Å². The molecule has 0 saturated carbocycles. The molecule has 1 saturated heterocycles. The third-order valence-electron chi connectivity index (χ3n) is 6.69. The van der Waals surface area contributed by atoms with Gasteiger partial charge in [0.05, 0.1) is 18.3 Å². The van der Waals surface area contributed by atoms with E-state index in [9.17, 15) is 4.79 Å². The number of aryl methyl sites for hydroxylation is 1. The van der Waals surface area contributed by atoms with Crippen molar-refractivity contribution in [3.63, 3.8) is 0 Å². The van der Waals surface area contributed by atoms with Crippen LogP contribution in [-0.4, -0.2) is 27.2 Å². The Hall–Kier alpha value is -4.17. The molecule has 2 N–H and O–H groups in total. The maximum Gasteiger partial charge on any atom is 0.224 e. The third-order valence-corrected chi connectivity index (χ3v) is 7.01. The second-order valence-electron chi connectivity index (χ2n) is 9.13. The van der Waals surface area contributed by atoms with Crippen molar-refractivity contribution in [3.8, 4) is 11.4 Å². The molecule has 1 fully saturated rings. The number of hydrogen-bond acceptors (Lipinski definition) is 4. The summed E-state index contributed by atoms with van der Waals surface area (Å²) in [6, 6.07) is 23.9. The summed E-state index contributed by atoms with van der Waals surface area (Å²) in [6.07, 6.45) is 4.30. The highest BCUT2D eigenvalue weighted by atomic mass is 32.1. The number of carbonyl (C=O) groups is 1. The van der Waals surface area contributed by atoms with E-state index in [1.165, 1.54) is 0 Å². The zero-order valence-electron chi connectivity index (χ0n) is 21.7. The molecule has 5 rings (SSSR count). The smallest absolute Gasteiger partial charge is 0.224 e. The van der Waals surface area contributed by atoms with Crippen LogP contribution in [0.3, 0.4) is 0 Å². The van der Waals surface area contributed by atoms with E-state index >= 15 is 0 Å². The molecular weight excluding hydrogens is 494 g/mol. The van der Waals surface area contributed by atoms with Crippen LogP contribution in [0.15, 0.2) is 85.2 Å². The van der Waals surface area contributed by atoms with Crippen LogP contribution in [0.1, 0.15) is 49.3 Å². The van der Waals surface area contributed by atoms with Gasteiger partial charge in [0.2, 0.25) is 5.91 Å². The normalized spacial score (nSPS) is 16.8. The maximum atomic E-state index is 12.0. The number of aromatic nitrogens is 2. The van der Waals surface area contributed by atoms with Crippen molar-refractivity contribution >= 4 is 34.6 Å². The highest BCUT2D eigenvalue weighted by molar-refractivity contribution is 7.80. The molecule has 1 amide bonds. The van der Waals surface area contributed by atoms with Crippen molar-refractivity contribution < 1.29 is 9.53 Å². The summed E-state index contributed by atoms with van der Waals surface area (Å²) < 4.78 is 7.83. The summed E-state index contributed by atoms with van der Waals surface area (Å²) in [6.45, 7) is 6.44. The zero-order valence-corrected chi connectivity index (χ0v) is 22.5. The van der Waals surface area contributed by atoms with Gasteiger partial charge in [0, 0.05) is 41.6 Å². The Morgan fingerprint density at radius 1 is 1.05 bits per heavy atom. The molecule has 2 atom stereocenters. The average molecular weight is 526 g/mol. The summed E-state index contributed by atoms with van der Waals surface area (Å²) in [5.41, 5.74) is 5.71. The minimum absolute atomic E-state index is 0.0134. The van der Waals surface area contributed by atoms with Gasteiger partial charge >= 0.3 is 0 Å². The molecule has 0 radical (unpaired) electrons. The molecule has 1 aliphatic rings. The lowest BCUT2D eigenvalue weighted by Gasteiger charge is -2.29. The van der Waals surface area contributed by atoms with E-state index in [1.807, 2.05) is 63.2 Å². The number of anilines is 2. The van der Waals surface area contributed by atoms with Crippen molar-refractivity contribution in [3.05, 3.63) is 102 Å². The van der Waals surface area contributed by atoms with E-state index in [-0.39, 0.29) is 18.0 Å². The van der Waals surface area contributed by atoms with Gasteiger partial charge in [-0.1, -0.05) is 13.0 Å². The molecular formula is C30H31N5O2S. The number of hydrogen-bond donors (Lipinski definition) is 2. The van der Waals surface area contributed by atoms with E-state index in [4.69, 9.17) is 17.0 Å². The number of rotatable bonds is 8. The Morgan fingerprint density at radius 3 is 2.53 bits per heavy atom. The lowest BCUT2D eigenvalue weighted by atomic mass is 10.00. The highest BCUT2D eigenvalue weighted by Crippen LogP contribution is 2.43. The molecule has 194 valence electrons. The SMILES string of the molecule is CCOc1ccc(-n2cccc2[C@H]2[C@@H](c3ccccn3)NC(=S)N2c2ccc(NC(=O)CC)c(C)c2)cc1. The first-order valence-corrected chi connectivity index (χ1v) is 13.2. The number of ether oxygens (including phenoxy) is 1. The van der Waals surface area contributed by atoms with Gasteiger partial charge in [-0.05, 0) is 98.4 Å². The summed E-state index contributed by atoms with van der Waals surface area (Å²) in [7, 11) is 0. The van der Waals surface area contributed by atoms with Crippen molar-refractivity contribution in [2.45, 2.75) is 39.3 Å². The van der Waals surface area contributed by atoms with Crippen molar-refractivity contribution in [1.82, 2.24) is 14.9 Å². The quantitative estimate of drug-likeness (QED) is 0.271. The Labute approximate surface area is 228 Å². The third kappa shape index (κ3) is 4.99. The average Bonchev–Trinajstić information content (AvgIpc) is 3.55. The fourth-order valence-corrected chi connectivity index (χ4v) is 5.20. The lowest BCUT2D eigenvalue weighted by Crippen LogP contribution is -2.30. The summed E-state index contributed by atoms with van der Waals surface area (Å²) in [5.74, 6) is 0.827. The number of amides is 1. The minimum atomic E-state index is -0.172. The Morgan fingerprint density at radius 2 is 1.84 bits per heavy atom. The first kappa shape index (κ1) is 25.5. The maximum absolute atomic E-state index is 12.0. The number of carbonyl (C=O) groups excluding carboxylic acids is 1. The molecule has 3 heterocycles. The number of nitrogens with zero attached hydrogens (tertiary/aromatic N) is 3. The van der Waals surface area contributed by atoms with Gasteiger partial charge in [-0.25, -0.2) is 0 Å². The van der Waals surface area contributed by atoms with Crippen LogP contribution in [0.25, 0.3) is 5.69 Å². The van der Waals surface area contributed by atoms with E-state index in [2.05, 4.69) is 61.6 Å². The van der Waals surface area contributed by atoms with Gasteiger partial charge in [0.1, 0.15) is 11.8 Å². The molecule has 8 heteroatoms. The lowest BCUT2D eigenvalue weighted by molar-refractivity contribution is -0.115. The Bertz CT molecular complexity index is 1430. The number of thiocarbonyl (C=S) groups is 1. The molecule has 2 aromatic heterocycles. The monoisotopic (exact) mass is 525 g/mol. The molecule has 0 spiro atoms. The Balaban J connectivity index is 1.58. The van der Waals surface area contributed by atoms with Gasteiger partial charge in [0.15, 0.2) is 5.11 Å². The van der Waals surface area contributed by atoms with Crippen molar-refractivity contribution in [2.24, 2.45) is 0 Å². The molecule has 2 aromatic carbocycles. The molecule has 38 heavy (non-hydrogen) atoms. The molecule has 4 aromatic rings. The first-order valence-electron chi connectivity index (χ1n) is 12.8. The first-order chi connectivity index (χ1) is 18.5. The molecule has 1 aliphatic heterocycles. The van der Waals surface area contributed by atoms with Gasteiger partial charge in [0.25, 0.3) is 0 Å². The fourth-order valence-electron chi connectivity index (χ4n) is 4.85. The van der Waals surface area contributed by atoms with Gasteiger partial charge in [-0.3, -0.25) is 9.78 Å². The van der Waals surface area contributed by atoms with Crippen LogP contribution in [0.4, 0.5) is 11.4 Å². The fraction of sp³-hybridized carbons (Fsp3) is 0.233. The van der Waals surface area contributed by atoms with E-state index in [0.29, 0.717) is 18.1 Å². The molecule has 0 unspecified atom stereocenters.